The first kappa shape index (κ1) is 71.0. The Hall–Kier alpha value is -12.1. The van der Waals surface area contributed by atoms with Gasteiger partial charge in [0.25, 0.3) is 0 Å². The number of fused-ring (bicyclic) bond motifs is 12. The van der Waals surface area contributed by atoms with Crippen molar-refractivity contribution in [3.05, 3.63) is 396 Å². The molecule has 2 nitrogen and oxygen atoms in total. The van der Waals surface area contributed by atoms with Gasteiger partial charge in [0, 0.05) is 55.5 Å². The molecule has 15 aromatic rings. The van der Waals surface area contributed by atoms with Gasteiger partial charge in [0.1, 0.15) is 0 Å². The van der Waals surface area contributed by atoms with Gasteiger partial charge in [0.2, 0.25) is 0 Å². The highest BCUT2D eigenvalue weighted by molar-refractivity contribution is 6.00. The lowest BCUT2D eigenvalue weighted by molar-refractivity contribution is -0.0399. The van der Waals surface area contributed by atoms with Gasteiger partial charge in [-0.2, -0.15) is 0 Å². The molecule has 0 atom stereocenters. The van der Waals surface area contributed by atoms with E-state index in [9.17, 15) is 0 Å². The van der Waals surface area contributed by atoms with Crippen LogP contribution in [-0.4, -0.2) is 0 Å². The summed E-state index contributed by atoms with van der Waals surface area (Å²) in [4.78, 5) is 5.01. The second-order valence-electron chi connectivity index (χ2n) is 38.3. The zero-order chi connectivity index (χ0) is 79.2. The molecule has 8 fully saturated rings. The number of benzene rings is 15. The topological polar surface area (TPSA) is 6.48 Å². The lowest BCUT2D eigenvalue weighted by atomic mass is 9.43. The monoisotopic (exact) mass is 1530 g/mol. The minimum atomic E-state index is -0.106. The Labute approximate surface area is 703 Å². The van der Waals surface area contributed by atoms with Gasteiger partial charge in [0.15, 0.2) is 0 Å². The van der Waals surface area contributed by atoms with E-state index in [4.69, 9.17) is 0 Å². The van der Waals surface area contributed by atoms with Gasteiger partial charge in [-0.25, -0.2) is 0 Å². The minimum absolute atomic E-state index is 0.0774. The summed E-state index contributed by atoms with van der Waals surface area (Å²) in [5.41, 5.74) is 44.4. The molecule has 0 heterocycles. The minimum Gasteiger partial charge on any atom is -0.310 e. The molecule has 0 amide bonds. The zero-order valence-corrected chi connectivity index (χ0v) is 69.0. The number of nitrogens with zero attached hydrogens (tertiary/aromatic N) is 2. The average molecular weight is 1530 g/mol. The van der Waals surface area contributed by atoms with E-state index in [1.165, 1.54) is 209 Å². The summed E-state index contributed by atoms with van der Waals surface area (Å²) in [6.07, 6.45) is 14.3. The van der Waals surface area contributed by atoms with Gasteiger partial charge in [0.05, 0.1) is 11.4 Å². The van der Waals surface area contributed by atoms with Crippen LogP contribution < -0.4 is 9.80 Å². The van der Waals surface area contributed by atoms with E-state index in [0.29, 0.717) is 0 Å². The van der Waals surface area contributed by atoms with E-state index in [1.54, 1.807) is 22.3 Å². The van der Waals surface area contributed by atoms with Crippen LogP contribution in [0.4, 0.5) is 34.1 Å². The number of aryl methyl sites for hydroxylation is 1. The second kappa shape index (κ2) is 27.0. The highest BCUT2D eigenvalue weighted by Crippen LogP contribution is 2.72. The Balaban J connectivity index is 0.000000136. The summed E-state index contributed by atoms with van der Waals surface area (Å²) in [6.45, 7) is 11.8. The number of hydrogen-bond acceptors (Lipinski definition) is 2. The lowest BCUT2D eigenvalue weighted by Gasteiger charge is -2.61. The van der Waals surface area contributed by atoms with Crippen LogP contribution in [0.2, 0.25) is 0 Å². The zero-order valence-electron chi connectivity index (χ0n) is 69.0. The summed E-state index contributed by atoms with van der Waals surface area (Å²) in [6, 6.07) is 131. The molecule has 0 unspecified atom stereocenters. The quantitative estimate of drug-likeness (QED) is 0.127. The highest BCUT2D eigenvalue weighted by Gasteiger charge is 2.63. The maximum Gasteiger partial charge on any atom is 0.0543 e. The van der Waals surface area contributed by atoms with Crippen molar-refractivity contribution in [2.75, 3.05) is 9.80 Å². The molecule has 0 aliphatic heterocycles. The molecule has 15 aromatic carbocycles. The average Bonchev–Trinajstić information content (AvgIpc) is 1.55. The molecule has 0 saturated heterocycles. The lowest BCUT2D eigenvalue weighted by Crippen LogP contribution is -2.55. The standard InChI is InChI=1S/C61H51N.C56H49N/c1-60(2)54-20-11-10-19-51(54)59-57(60)22-13-23-58(59)62(47-27-24-42(25-28-47)41-14-5-3-6-15-41)48-29-30-49(52(38-48)43-16-7-4-8-17-43)44-26-31-56-53(37-44)50-18-9-12-21-55(50)61(56)45-33-39-32-40(35-45)36-46(61)34-39;1-35-28-44(25-26-45(35)40-22-27-51-48(34-40)46-14-7-10-17-50(46)56(51)41-30-36-29-37(32-41)33-42(56)31-36)57(43-23-20-39(21-24-43)38-12-5-4-6-13-38)53-19-11-18-52-54(53)47-15-8-9-16-49(47)55(52,2)3/h3-31,37-40,45-46H,32-36H2,1-2H3;4-28,34,36-37,41-42H,29-33H2,1-3H3. The van der Waals surface area contributed by atoms with Crippen molar-refractivity contribution < 1.29 is 0 Å². The summed E-state index contributed by atoms with van der Waals surface area (Å²) < 4.78 is 0. The van der Waals surface area contributed by atoms with E-state index in [0.717, 1.165) is 64.4 Å². The first-order valence-electron chi connectivity index (χ1n) is 44.5. The Morgan fingerprint density at radius 1 is 0.210 bits per heavy atom. The van der Waals surface area contributed by atoms with Gasteiger partial charge in [-0.15, -0.1) is 0 Å². The third-order valence-electron chi connectivity index (χ3n) is 31.7. The van der Waals surface area contributed by atoms with E-state index in [-0.39, 0.29) is 21.7 Å². The van der Waals surface area contributed by atoms with Crippen LogP contribution in [0.25, 0.3) is 100 Å². The SMILES string of the molecule is CC1(C)c2ccccc2-c2c(N(c3ccc(-c4ccccc4)cc3)c3ccc(-c4ccc5c(c4)-c4ccccc4C54C5CC6CC(C5)CC4C6)c(-c4ccccc4)c3)cccc21.Cc1cc(N(c2ccc(-c3ccccc3)cc2)c2cccc3c2-c2ccccc2C3(C)C)ccc1-c1ccc2c(c1)-c1ccccc1C21C2CC3CC(C2)CC1C3. The molecule has 8 saturated carbocycles. The van der Waals surface area contributed by atoms with Gasteiger partial charge in [-0.3, -0.25) is 0 Å². The Kier molecular flexibility index (Phi) is 16.1. The third-order valence-corrected chi connectivity index (χ3v) is 31.7. The van der Waals surface area contributed by atoms with Crippen LogP contribution in [0, 0.1) is 54.3 Å². The summed E-state index contributed by atoms with van der Waals surface area (Å²) in [5.74, 6) is 6.87. The highest BCUT2D eigenvalue weighted by atomic mass is 15.2. The molecule has 2 spiro atoms. The molecule has 8 bridgehead atoms. The van der Waals surface area contributed by atoms with Crippen LogP contribution in [0.3, 0.4) is 0 Å². The normalized spacial score (nSPS) is 23.4. The summed E-state index contributed by atoms with van der Waals surface area (Å²) in [7, 11) is 0. The van der Waals surface area contributed by atoms with Crippen molar-refractivity contribution in [1.82, 2.24) is 0 Å². The summed E-state index contributed by atoms with van der Waals surface area (Å²) in [5, 5.41) is 0. The van der Waals surface area contributed by atoms with Crippen LogP contribution >= 0.6 is 0 Å². The Bertz CT molecular complexity index is 6520. The van der Waals surface area contributed by atoms with Crippen LogP contribution in [0.15, 0.2) is 346 Å². The molecule has 12 aliphatic rings. The predicted molar refractivity (Wildman–Crippen MR) is 496 cm³/mol. The van der Waals surface area contributed by atoms with Crippen molar-refractivity contribution in [2.45, 2.75) is 120 Å². The molecule has 578 valence electrons. The number of anilines is 6. The fraction of sp³-hybridized carbons (Fsp3) is 0.231. The van der Waals surface area contributed by atoms with Crippen LogP contribution in [0.1, 0.15) is 142 Å². The van der Waals surface area contributed by atoms with Gasteiger partial charge < -0.3 is 9.80 Å². The molecule has 119 heavy (non-hydrogen) atoms. The van der Waals surface area contributed by atoms with Crippen molar-refractivity contribution in [3.8, 4) is 100 Å². The third kappa shape index (κ3) is 10.6. The number of hydrogen-bond donors (Lipinski definition) is 0. The van der Waals surface area contributed by atoms with E-state index in [2.05, 4.69) is 390 Å². The fourth-order valence-electron chi connectivity index (χ4n) is 27.1. The Morgan fingerprint density at radius 3 is 0.950 bits per heavy atom. The molecule has 0 aromatic heterocycles. The molecular weight excluding hydrogens is 1430 g/mol. The van der Waals surface area contributed by atoms with Crippen LogP contribution in [-0.2, 0) is 21.7 Å². The van der Waals surface area contributed by atoms with Gasteiger partial charge in [-0.1, -0.05) is 301 Å². The maximum absolute atomic E-state index is 2.57. The maximum atomic E-state index is 2.57. The van der Waals surface area contributed by atoms with E-state index < -0.39 is 0 Å². The van der Waals surface area contributed by atoms with E-state index in [1.807, 2.05) is 0 Å². The van der Waals surface area contributed by atoms with Crippen molar-refractivity contribution >= 4 is 34.1 Å². The molecular formula is C117H100N2. The predicted octanol–water partition coefficient (Wildman–Crippen LogP) is 31.0. The van der Waals surface area contributed by atoms with Crippen LogP contribution in [0.5, 0.6) is 0 Å². The smallest absolute Gasteiger partial charge is 0.0543 e. The van der Waals surface area contributed by atoms with E-state index >= 15 is 0 Å². The van der Waals surface area contributed by atoms with Gasteiger partial charge in [-0.05, 0) is 330 Å². The molecule has 0 N–H and O–H groups in total. The van der Waals surface area contributed by atoms with Gasteiger partial charge >= 0.3 is 0 Å². The molecule has 2 heteroatoms. The fourth-order valence-corrected chi connectivity index (χ4v) is 27.1. The summed E-state index contributed by atoms with van der Waals surface area (Å²) >= 11 is 0. The molecule has 27 rings (SSSR count). The second-order valence-corrected chi connectivity index (χ2v) is 38.3. The molecule has 0 radical (unpaired) electrons. The largest absolute Gasteiger partial charge is 0.310 e. The van der Waals surface area contributed by atoms with Crippen molar-refractivity contribution in [3.63, 3.8) is 0 Å². The first-order chi connectivity index (χ1) is 58.4. The molecule has 12 aliphatic carbocycles. The van der Waals surface area contributed by atoms with Crippen molar-refractivity contribution in [2.24, 2.45) is 47.3 Å². The first-order valence-corrected chi connectivity index (χ1v) is 44.5. The number of rotatable bonds is 11. The Morgan fingerprint density at radius 2 is 0.529 bits per heavy atom. The van der Waals surface area contributed by atoms with Crippen molar-refractivity contribution in [1.29, 1.82) is 0 Å².